The summed E-state index contributed by atoms with van der Waals surface area (Å²) in [7, 11) is 0. The number of carbonyl (C=O) groups is 1. The van der Waals surface area contributed by atoms with Crippen molar-refractivity contribution >= 4 is 11.9 Å². The van der Waals surface area contributed by atoms with Crippen molar-refractivity contribution in [3.05, 3.63) is 53.1 Å². The van der Waals surface area contributed by atoms with E-state index in [0.29, 0.717) is 6.42 Å². The van der Waals surface area contributed by atoms with E-state index < -0.39 is 6.10 Å². The van der Waals surface area contributed by atoms with Gasteiger partial charge in [0.05, 0.1) is 6.10 Å². The van der Waals surface area contributed by atoms with Crippen LogP contribution in [-0.2, 0) is 4.79 Å². The fraction of sp³-hybridized carbons (Fsp3) is 0.389. The number of carbonyl (C=O) groups excluding carboxylic acids is 1. The summed E-state index contributed by atoms with van der Waals surface area (Å²) in [6.07, 6.45) is 6.43. The maximum Gasteiger partial charge on any atom is 0.155 e. The molecule has 2 unspecified atom stereocenters. The molecule has 0 heterocycles. The van der Waals surface area contributed by atoms with Gasteiger partial charge in [0.2, 0.25) is 0 Å². The third-order valence-corrected chi connectivity index (χ3v) is 4.75. The lowest BCUT2D eigenvalue weighted by atomic mass is 9.62. The Bertz CT molecular complexity index is 583. The van der Waals surface area contributed by atoms with E-state index in [1.54, 1.807) is 6.08 Å². The topological polar surface area (TPSA) is 37.3 Å². The highest BCUT2D eigenvalue weighted by molar-refractivity contribution is 5.91. The number of aliphatic hydroxyl groups excluding tert-OH is 1. The quantitative estimate of drug-likeness (QED) is 0.846. The molecule has 0 aromatic heterocycles. The first-order valence-corrected chi connectivity index (χ1v) is 7.27. The average Bonchev–Trinajstić information content (AvgIpc) is 2.46. The molecular weight excluding hydrogens is 248 g/mol. The molecule has 2 aliphatic rings. The van der Waals surface area contributed by atoms with Gasteiger partial charge >= 0.3 is 0 Å². The van der Waals surface area contributed by atoms with Crippen LogP contribution >= 0.6 is 0 Å². The van der Waals surface area contributed by atoms with Crippen molar-refractivity contribution in [1.29, 1.82) is 0 Å². The van der Waals surface area contributed by atoms with Gasteiger partial charge in [0, 0.05) is 11.8 Å². The minimum atomic E-state index is -0.476. The lowest BCUT2D eigenvalue weighted by molar-refractivity contribution is -0.116. The second-order valence-corrected chi connectivity index (χ2v) is 6.09. The van der Waals surface area contributed by atoms with Crippen molar-refractivity contribution < 1.29 is 9.90 Å². The number of benzene rings is 1. The molecule has 1 N–H and O–H groups in total. The molecule has 1 aromatic carbocycles. The average molecular weight is 268 g/mol. The summed E-state index contributed by atoms with van der Waals surface area (Å²) >= 11 is 0. The van der Waals surface area contributed by atoms with Crippen LogP contribution in [0.1, 0.15) is 38.2 Å². The van der Waals surface area contributed by atoms with E-state index >= 15 is 0 Å². The van der Waals surface area contributed by atoms with E-state index in [0.717, 1.165) is 36.0 Å². The van der Waals surface area contributed by atoms with E-state index in [9.17, 15) is 9.90 Å². The molecular formula is C18H20O2. The van der Waals surface area contributed by atoms with Crippen molar-refractivity contribution in [1.82, 2.24) is 0 Å². The Labute approximate surface area is 119 Å². The Kier molecular flexibility index (Phi) is 3.35. The van der Waals surface area contributed by atoms with E-state index in [2.05, 4.69) is 25.1 Å². The van der Waals surface area contributed by atoms with Crippen LogP contribution < -0.4 is 0 Å². The molecule has 2 heteroatoms. The number of aliphatic hydroxyl groups is 1. The smallest absolute Gasteiger partial charge is 0.155 e. The molecule has 0 aliphatic heterocycles. The first kappa shape index (κ1) is 13.3. The maximum absolute atomic E-state index is 11.6. The predicted molar refractivity (Wildman–Crippen MR) is 80.1 cm³/mol. The van der Waals surface area contributed by atoms with E-state index in [-0.39, 0.29) is 11.2 Å². The zero-order valence-electron chi connectivity index (χ0n) is 11.8. The number of allylic oxidation sites excluding steroid dienone is 1. The molecule has 1 fully saturated rings. The SMILES string of the molecule is CC12CCC(=O)C=C1CC/C(=C/c1ccccc1)C2O. The van der Waals surface area contributed by atoms with Gasteiger partial charge in [-0.1, -0.05) is 48.9 Å². The lowest BCUT2D eigenvalue weighted by Crippen LogP contribution is -2.41. The van der Waals surface area contributed by atoms with Gasteiger partial charge < -0.3 is 5.11 Å². The van der Waals surface area contributed by atoms with Crippen LogP contribution in [0.4, 0.5) is 0 Å². The number of fused-ring (bicyclic) bond motifs is 1. The van der Waals surface area contributed by atoms with Crippen LogP contribution in [-0.4, -0.2) is 17.0 Å². The fourth-order valence-electron chi connectivity index (χ4n) is 3.38. The summed E-state index contributed by atoms with van der Waals surface area (Å²) in [6, 6.07) is 10.1. The number of hydrogen-bond donors (Lipinski definition) is 1. The zero-order chi connectivity index (χ0) is 14.2. The van der Waals surface area contributed by atoms with Gasteiger partial charge in [-0.05, 0) is 36.5 Å². The van der Waals surface area contributed by atoms with Gasteiger partial charge in [0.1, 0.15) is 0 Å². The highest BCUT2D eigenvalue weighted by atomic mass is 16.3. The summed E-state index contributed by atoms with van der Waals surface area (Å²) in [5, 5.41) is 10.8. The second kappa shape index (κ2) is 5.02. The minimum Gasteiger partial charge on any atom is -0.388 e. The van der Waals surface area contributed by atoms with Gasteiger partial charge in [0.15, 0.2) is 5.78 Å². The number of hydrogen-bond acceptors (Lipinski definition) is 2. The molecule has 3 rings (SSSR count). The van der Waals surface area contributed by atoms with Crippen LogP contribution in [0.5, 0.6) is 0 Å². The van der Waals surface area contributed by atoms with Crippen LogP contribution in [0.25, 0.3) is 6.08 Å². The first-order valence-electron chi connectivity index (χ1n) is 7.27. The first-order chi connectivity index (χ1) is 9.59. The summed E-state index contributed by atoms with van der Waals surface area (Å²) < 4.78 is 0. The lowest BCUT2D eigenvalue weighted by Gasteiger charge is -2.44. The van der Waals surface area contributed by atoms with Crippen LogP contribution in [0.2, 0.25) is 0 Å². The Hall–Kier alpha value is -1.67. The molecule has 104 valence electrons. The largest absolute Gasteiger partial charge is 0.388 e. The van der Waals surface area contributed by atoms with Crippen molar-refractivity contribution in [2.75, 3.05) is 0 Å². The van der Waals surface area contributed by atoms with Crippen molar-refractivity contribution in [2.45, 2.75) is 38.7 Å². The standard InChI is InChI=1S/C18H20O2/c1-18-10-9-16(19)12-15(18)8-7-14(17(18)20)11-13-5-3-2-4-6-13/h2-6,11-12,17,20H,7-10H2,1H3/b14-11-. The fourth-order valence-corrected chi connectivity index (χ4v) is 3.38. The highest BCUT2D eigenvalue weighted by Crippen LogP contribution is 2.48. The van der Waals surface area contributed by atoms with Crippen LogP contribution in [0.3, 0.4) is 0 Å². The summed E-state index contributed by atoms with van der Waals surface area (Å²) in [6.45, 7) is 2.09. The van der Waals surface area contributed by atoms with Crippen molar-refractivity contribution in [3.8, 4) is 0 Å². The Morgan fingerprint density at radius 3 is 2.70 bits per heavy atom. The van der Waals surface area contributed by atoms with Gasteiger partial charge in [-0.25, -0.2) is 0 Å². The molecule has 2 atom stereocenters. The van der Waals surface area contributed by atoms with Crippen LogP contribution in [0, 0.1) is 5.41 Å². The Balaban J connectivity index is 1.93. The van der Waals surface area contributed by atoms with Crippen molar-refractivity contribution in [2.24, 2.45) is 5.41 Å². The van der Waals surface area contributed by atoms with E-state index in [1.165, 1.54) is 0 Å². The molecule has 0 saturated heterocycles. The number of ketones is 1. The monoisotopic (exact) mass is 268 g/mol. The van der Waals surface area contributed by atoms with Gasteiger partial charge in [-0.15, -0.1) is 0 Å². The minimum absolute atomic E-state index is 0.208. The predicted octanol–water partition coefficient (Wildman–Crippen LogP) is 3.52. The summed E-state index contributed by atoms with van der Waals surface area (Å²) in [4.78, 5) is 11.6. The zero-order valence-corrected chi connectivity index (χ0v) is 11.8. The third kappa shape index (κ3) is 2.25. The third-order valence-electron chi connectivity index (χ3n) is 4.75. The second-order valence-electron chi connectivity index (χ2n) is 6.09. The molecule has 1 aromatic rings. The van der Waals surface area contributed by atoms with E-state index in [1.807, 2.05) is 18.2 Å². The Morgan fingerprint density at radius 1 is 1.20 bits per heavy atom. The molecule has 0 radical (unpaired) electrons. The molecule has 2 aliphatic carbocycles. The molecule has 2 nitrogen and oxygen atoms in total. The van der Waals surface area contributed by atoms with Crippen LogP contribution in [0.15, 0.2) is 47.6 Å². The molecule has 0 bridgehead atoms. The van der Waals surface area contributed by atoms with Gasteiger partial charge in [-0.2, -0.15) is 0 Å². The molecule has 0 amide bonds. The maximum atomic E-state index is 11.6. The summed E-state index contributed by atoms with van der Waals surface area (Å²) in [5.41, 5.74) is 3.09. The normalized spacial score (nSPS) is 31.9. The van der Waals surface area contributed by atoms with Gasteiger partial charge in [0.25, 0.3) is 0 Å². The Morgan fingerprint density at radius 2 is 1.95 bits per heavy atom. The number of rotatable bonds is 1. The molecule has 20 heavy (non-hydrogen) atoms. The van der Waals surface area contributed by atoms with Gasteiger partial charge in [-0.3, -0.25) is 4.79 Å². The summed E-state index contributed by atoms with van der Waals surface area (Å²) in [5.74, 6) is 0.208. The van der Waals surface area contributed by atoms with E-state index in [4.69, 9.17) is 0 Å². The highest BCUT2D eigenvalue weighted by Gasteiger charge is 2.43. The van der Waals surface area contributed by atoms with Crippen molar-refractivity contribution in [3.63, 3.8) is 0 Å². The molecule has 1 saturated carbocycles. The molecule has 0 spiro atoms.